The van der Waals surface area contributed by atoms with Gasteiger partial charge in [0.25, 0.3) is 5.91 Å². The molecular weight excluding hydrogens is 479 g/mol. The summed E-state index contributed by atoms with van der Waals surface area (Å²) >= 11 is 11.9. The monoisotopic (exact) mass is 498 g/mol. The standard InChI is InChI=1S/C24H20Cl2N4O4/c25-18-8-11-21(20(26)12-18)29-22(31)15-34-19-9-6-17(7-10-19)14-28-30-24(33)23(32)27-13-16-4-2-1-3-5-16/h1-12,14H,13,15H2,(H,27,32)(H,29,31)(H,30,33)/b28-14-. The lowest BCUT2D eigenvalue weighted by Gasteiger charge is -2.09. The molecule has 3 aromatic rings. The number of rotatable bonds is 8. The van der Waals surface area contributed by atoms with E-state index in [4.69, 9.17) is 27.9 Å². The van der Waals surface area contributed by atoms with Gasteiger partial charge in [-0.3, -0.25) is 14.4 Å². The molecule has 0 bridgehead atoms. The number of anilines is 1. The fourth-order valence-electron chi connectivity index (χ4n) is 2.65. The Kier molecular flexibility index (Phi) is 9.02. The molecule has 0 radical (unpaired) electrons. The van der Waals surface area contributed by atoms with Crippen LogP contribution in [0.25, 0.3) is 0 Å². The first-order valence-corrected chi connectivity index (χ1v) is 10.8. The third-order valence-corrected chi connectivity index (χ3v) is 4.88. The fraction of sp³-hybridized carbons (Fsp3) is 0.0833. The van der Waals surface area contributed by atoms with E-state index in [0.717, 1.165) is 5.56 Å². The van der Waals surface area contributed by atoms with E-state index in [-0.39, 0.29) is 19.1 Å². The van der Waals surface area contributed by atoms with E-state index < -0.39 is 11.8 Å². The van der Waals surface area contributed by atoms with Gasteiger partial charge in [-0.15, -0.1) is 0 Å². The van der Waals surface area contributed by atoms with Crippen LogP contribution >= 0.6 is 23.2 Å². The molecule has 3 N–H and O–H groups in total. The summed E-state index contributed by atoms with van der Waals surface area (Å²) in [6.45, 7) is 0.0174. The first-order valence-electron chi connectivity index (χ1n) is 10.0. The highest BCUT2D eigenvalue weighted by Crippen LogP contribution is 2.25. The zero-order valence-corrected chi connectivity index (χ0v) is 19.3. The molecule has 0 fully saturated rings. The molecule has 0 heterocycles. The van der Waals surface area contributed by atoms with Crippen LogP contribution in [0, 0.1) is 0 Å². The summed E-state index contributed by atoms with van der Waals surface area (Å²) < 4.78 is 5.45. The molecule has 34 heavy (non-hydrogen) atoms. The summed E-state index contributed by atoms with van der Waals surface area (Å²) in [5, 5.41) is 9.71. The number of nitrogens with zero attached hydrogens (tertiary/aromatic N) is 1. The van der Waals surface area contributed by atoms with E-state index in [9.17, 15) is 14.4 Å². The van der Waals surface area contributed by atoms with E-state index in [0.29, 0.717) is 27.0 Å². The Bertz CT molecular complexity index is 1190. The third-order valence-electron chi connectivity index (χ3n) is 4.34. The average Bonchev–Trinajstić information content (AvgIpc) is 2.84. The summed E-state index contributed by atoms with van der Waals surface area (Å²) in [5.74, 6) is -1.59. The molecule has 0 aliphatic carbocycles. The second-order valence-corrected chi connectivity index (χ2v) is 7.74. The maximum absolute atomic E-state index is 12.1. The van der Waals surface area contributed by atoms with Crippen molar-refractivity contribution in [3.05, 3.63) is 94.0 Å². The van der Waals surface area contributed by atoms with Crippen molar-refractivity contribution in [2.45, 2.75) is 6.54 Å². The smallest absolute Gasteiger partial charge is 0.329 e. The Labute approximate surface area is 205 Å². The third kappa shape index (κ3) is 7.91. The number of hydrazone groups is 1. The number of nitrogens with one attached hydrogen (secondary N) is 3. The summed E-state index contributed by atoms with van der Waals surface area (Å²) in [6, 6.07) is 20.6. The minimum Gasteiger partial charge on any atom is -0.484 e. The maximum Gasteiger partial charge on any atom is 0.329 e. The number of ether oxygens (including phenoxy) is 1. The van der Waals surface area contributed by atoms with Gasteiger partial charge in [-0.2, -0.15) is 5.10 Å². The number of benzene rings is 3. The van der Waals surface area contributed by atoms with Crippen LogP contribution in [0.1, 0.15) is 11.1 Å². The van der Waals surface area contributed by atoms with Crippen molar-refractivity contribution < 1.29 is 19.1 Å². The SMILES string of the molecule is O=C(COc1ccc(/C=N\NC(=O)C(=O)NCc2ccccc2)cc1)Nc1ccc(Cl)cc1Cl. The van der Waals surface area contributed by atoms with Crippen LogP contribution in [0.3, 0.4) is 0 Å². The molecule has 0 saturated heterocycles. The second kappa shape index (κ2) is 12.4. The van der Waals surface area contributed by atoms with E-state index in [1.54, 1.807) is 36.4 Å². The predicted molar refractivity (Wildman–Crippen MR) is 131 cm³/mol. The van der Waals surface area contributed by atoms with Gasteiger partial charge in [0.15, 0.2) is 6.61 Å². The van der Waals surface area contributed by atoms with E-state index in [1.165, 1.54) is 12.3 Å². The molecular formula is C24H20Cl2N4O4. The van der Waals surface area contributed by atoms with Crippen LogP contribution in [-0.2, 0) is 20.9 Å². The van der Waals surface area contributed by atoms with E-state index in [2.05, 4.69) is 21.2 Å². The topological polar surface area (TPSA) is 109 Å². The summed E-state index contributed by atoms with van der Waals surface area (Å²) in [6.07, 6.45) is 1.38. The van der Waals surface area contributed by atoms with Gasteiger partial charge in [-0.05, 0) is 53.6 Å². The summed E-state index contributed by atoms with van der Waals surface area (Å²) in [7, 11) is 0. The van der Waals surface area contributed by atoms with Crippen molar-refractivity contribution in [2.75, 3.05) is 11.9 Å². The molecule has 0 unspecified atom stereocenters. The van der Waals surface area contributed by atoms with Crippen LogP contribution in [0.15, 0.2) is 77.9 Å². The average molecular weight is 499 g/mol. The summed E-state index contributed by atoms with van der Waals surface area (Å²) in [5.41, 5.74) is 4.12. The molecule has 174 valence electrons. The van der Waals surface area contributed by atoms with Crippen molar-refractivity contribution in [2.24, 2.45) is 5.10 Å². The molecule has 10 heteroatoms. The molecule has 3 amide bonds. The minimum absolute atomic E-state index is 0.222. The van der Waals surface area contributed by atoms with Gasteiger partial charge >= 0.3 is 11.8 Å². The van der Waals surface area contributed by atoms with Gasteiger partial charge in [-0.25, -0.2) is 5.43 Å². The van der Waals surface area contributed by atoms with Gasteiger partial charge in [0.05, 0.1) is 16.9 Å². The normalized spacial score (nSPS) is 10.5. The first-order chi connectivity index (χ1) is 16.4. The Balaban J connectivity index is 1.40. The number of halogens is 2. The molecule has 3 rings (SSSR count). The molecule has 8 nitrogen and oxygen atoms in total. The Morgan fingerprint density at radius 3 is 2.35 bits per heavy atom. The zero-order chi connectivity index (χ0) is 24.3. The van der Waals surface area contributed by atoms with Gasteiger partial charge in [-0.1, -0.05) is 53.5 Å². The predicted octanol–water partition coefficient (Wildman–Crippen LogP) is 3.78. The summed E-state index contributed by atoms with van der Waals surface area (Å²) in [4.78, 5) is 35.7. The van der Waals surface area contributed by atoms with E-state index >= 15 is 0 Å². The molecule has 0 spiro atoms. The first kappa shape index (κ1) is 24.8. The van der Waals surface area contributed by atoms with Crippen molar-refractivity contribution in [3.8, 4) is 5.75 Å². The van der Waals surface area contributed by atoms with Crippen molar-refractivity contribution in [1.29, 1.82) is 0 Å². The lowest BCUT2D eigenvalue weighted by Crippen LogP contribution is -2.37. The van der Waals surface area contributed by atoms with Crippen molar-refractivity contribution in [3.63, 3.8) is 0 Å². The molecule has 0 aliphatic heterocycles. The lowest BCUT2D eigenvalue weighted by atomic mass is 10.2. The van der Waals surface area contributed by atoms with Gasteiger partial charge < -0.3 is 15.4 Å². The van der Waals surface area contributed by atoms with Gasteiger partial charge in [0, 0.05) is 11.6 Å². The van der Waals surface area contributed by atoms with E-state index in [1.807, 2.05) is 30.3 Å². The number of hydrogen-bond acceptors (Lipinski definition) is 5. The number of amides is 3. The van der Waals surface area contributed by atoms with Gasteiger partial charge in [0.1, 0.15) is 5.75 Å². The molecule has 0 aromatic heterocycles. The number of carbonyl (C=O) groups excluding carboxylic acids is 3. The van der Waals surface area contributed by atoms with Crippen molar-refractivity contribution >= 4 is 52.8 Å². The van der Waals surface area contributed by atoms with Crippen LogP contribution in [-0.4, -0.2) is 30.5 Å². The van der Waals surface area contributed by atoms with Crippen LogP contribution in [0.5, 0.6) is 5.75 Å². The Morgan fingerprint density at radius 2 is 1.65 bits per heavy atom. The number of carbonyl (C=O) groups is 3. The highest BCUT2D eigenvalue weighted by Gasteiger charge is 2.12. The maximum atomic E-state index is 12.1. The molecule has 0 aliphatic rings. The quantitative estimate of drug-likeness (QED) is 0.249. The Hall–Kier alpha value is -3.88. The molecule has 0 saturated carbocycles. The van der Waals surface area contributed by atoms with Crippen LogP contribution in [0.4, 0.5) is 5.69 Å². The lowest BCUT2D eigenvalue weighted by molar-refractivity contribution is -0.139. The second-order valence-electron chi connectivity index (χ2n) is 6.90. The fourth-order valence-corrected chi connectivity index (χ4v) is 3.11. The zero-order valence-electron chi connectivity index (χ0n) is 17.8. The minimum atomic E-state index is -0.876. The molecule has 0 atom stereocenters. The Morgan fingerprint density at radius 1 is 0.912 bits per heavy atom. The van der Waals surface area contributed by atoms with Crippen LogP contribution < -0.4 is 20.8 Å². The molecule has 3 aromatic carbocycles. The highest BCUT2D eigenvalue weighted by atomic mass is 35.5. The van der Waals surface area contributed by atoms with Crippen LogP contribution in [0.2, 0.25) is 10.0 Å². The number of hydrogen-bond donors (Lipinski definition) is 3. The largest absolute Gasteiger partial charge is 0.484 e. The van der Waals surface area contributed by atoms with Crippen molar-refractivity contribution in [1.82, 2.24) is 10.7 Å². The highest BCUT2D eigenvalue weighted by molar-refractivity contribution is 6.36. The van der Waals surface area contributed by atoms with Gasteiger partial charge in [0.2, 0.25) is 0 Å².